The van der Waals surface area contributed by atoms with Gasteiger partial charge in [-0.15, -0.1) is 0 Å². The number of hydrogen-bond acceptors (Lipinski definition) is 4. The van der Waals surface area contributed by atoms with Gasteiger partial charge in [0, 0.05) is 10.7 Å². The number of pyridine rings is 1. The van der Waals surface area contributed by atoms with Crippen molar-refractivity contribution in [2.45, 2.75) is 13.2 Å². The third kappa shape index (κ3) is 3.42. The highest BCUT2D eigenvalue weighted by Crippen LogP contribution is 2.24. The van der Waals surface area contributed by atoms with Crippen LogP contribution in [0, 0.1) is 5.82 Å². The molecule has 1 aromatic heterocycles. The lowest BCUT2D eigenvalue weighted by Crippen LogP contribution is -2.03. The summed E-state index contributed by atoms with van der Waals surface area (Å²) in [5.74, 6) is 0.281. The average Bonchev–Trinajstić information content (AvgIpc) is 2.40. The van der Waals surface area contributed by atoms with Crippen molar-refractivity contribution >= 4 is 21.7 Å². The fourth-order valence-corrected chi connectivity index (χ4v) is 1.90. The number of aliphatic hydroxyl groups excluding tert-OH is 1. The SMILES string of the molecule is Nc1ncc(Br)cc1OCc1cc(F)ccc1CO. The van der Waals surface area contributed by atoms with Crippen molar-refractivity contribution in [3.05, 3.63) is 51.9 Å². The van der Waals surface area contributed by atoms with Crippen LogP contribution in [0.4, 0.5) is 10.2 Å². The smallest absolute Gasteiger partial charge is 0.166 e. The summed E-state index contributed by atoms with van der Waals surface area (Å²) in [5, 5.41) is 9.18. The fraction of sp³-hybridized carbons (Fsp3) is 0.154. The summed E-state index contributed by atoms with van der Waals surface area (Å²) in [6, 6.07) is 5.83. The molecule has 0 amide bonds. The molecule has 0 aliphatic rings. The minimum absolute atomic E-state index is 0.107. The minimum Gasteiger partial charge on any atom is -0.485 e. The fourth-order valence-electron chi connectivity index (χ4n) is 1.59. The van der Waals surface area contributed by atoms with Gasteiger partial charge in [0.2, 0.25) is 0 Å². The number of halogens is 2. The third-order valence-electron chi connectivity index (χ3n) is 2.57. The molecule has 2 aromatic rings. The maximum atomic E-state index is 13.2. The first-order valence-corrected chi connectivity index (χ1v) is 6.31. The predicted octanol–water partition coefficient (Wildman–Crippen LogP) is 2.64. The molecule has 0 radical (unpaired) electrons. The third-order valence-corrected chi connectivity index (χ3v) is 3.00. The summed E-state index contributed by atoms with van der Waals surface area (Å²) < 4.78 is 19.4. The molecule has 0 aliphatic carbocycles. The number of anilines is 1. The van der Waals surface area contributed by atoms with Crippen molar-refractivity contribution in [3.63, 3.8) is 0 Å². The summed E-state index contributed by atoms with van der Waals surface area (Å²) >= 11 is 3.26. The Balaban J connectivity index is 2.18. The second kappa shape index (κ2) is 5.99. The van der Waals surface area contributed by atoms with Crippen LogP contribution in [0.25, 0.3) is 0 Å². The maximum absolute atomic E-state index is 13.2. The lowest BCUT2D eigenvalue weighted by molar-refractivity contribution is 0.269. The van der Waals surface area contributed by atoms with Gasteiger partial charge < -0.3 is 15.6 Å². The summed E-state index contributed by atoms with van der Waals surface area (Å²) in [7, 11) is 0. The van der Waals surface area contributed by atoms with E-state index in [4.69, 9.17) is 10.5 Å². The van der Waals surface area contributed by atoms with E-state index in [1.807, 2.05) is 0 Å². The lowest BCUT2D eigenvalue weighted by Gasteiger charge is -2.11. The van der Waals surface area contributed by atoms with Crippen molar-refractivity contribution < 1.29 is 14.2 Å². The van der Waals surface area contributed by atoms with E-state index in [1.165, 1.54) is 18.2 Å². The summed E-state index contributed by atoms with van der Waals surface area (Å²) in [4.78, 5) is 3.93. The molecule has 0 bridgehead atoms. The van der Waals surface area contributed by atoms with E-state index in [2.05, 4.69) is 20.9 Å². The summed E-state index contributed by atoms with van der Waals surface area (Å²) in [6.07, 6.45) is 1.56. The van der Waals surface area contributed by atoms with Crippen molar-refractivity contribution in [1.29, 1.82) is 0 Å². The molecule has 1 aromatic carbocycles. The van der Waals surface area contributed by atoms with Crippen molar-refractivity contribution in [1.82, 2.24) is 4.98 Å². The van der Waals surface area contributed by atoms with Gasteiger partial charge in [-0.3, -0.25) is 0 Å². The zero-order chi connectivity index (χ0) is 13.8. The lowest BCUT2D eigenvalue weighted by atomic mass is 10.1. The topological polar surface area (TPSA) is 68.4 Å². The average molecular weight is 327 g/mol. The molecule has 100 valence electrons. The summed E-state index contributed by atoms with van der Waals surface area (Å²) in [5.41, 5.74) is 6.86. The van der Waals surface area contributed by atoms with Crippen LogP contribution in [-0.2, 0) is 13.2 Å². The van der Waals surface area contributed by atoms with Crippen molar-refractivity contribution in [3.8, 4) is 5.75 Å². The first-order valence-electron chi connectivity index (χ1n) is 5.52. The van der Waals surface area contributed by atoms with Crippen LogP contribution in [0.3, 0.4) is 0 Å². The van der Waals surface area contributed by atoms with Crippen LogP contribution >= 0.6 is 15.9 Å². The molecule has 2 rings (SSSR count). The van der Waals surface area contributed by atoms with Crippen LogP contribution in [-0.4, -0.2) is 10.1 Å². The quantitative estimate of drug-likeness (QED) is 0.906. The van der Waals surface area contributed by atoms with Gasteiger partial charge in [-0.25, -0.2) is 9.37 Å². The Kier molecular flexibility index (Phi) is 4.34. The Morgan fingerprint density at radius 1 is 1.32 bits per heavy atom. The van der Waals surface area contributed by atoms with Gasteiger partial charge in [0.15, 0.2) is 11.6 Å². The first-order chi connectivity index (χ1) is 9.10. The second-order valence-corrected chi connectivity index (χ2v) is 4.81. The van der Waals surface area contributed by atoms with Crippen LogP contribution in [0.2, 0.25) is 0 Å². The number of aliphatic hydroxyl groups is 1. The van der Waals surface area contributed by atoms with Gasteiger partial charge in [-0.2, -0.15) is 0 Å². The Hall–Kier alpha value is -1.66. The molecule has 0 aliphatic heterocycles. The molecule has 0 unspecified atom stereocenters. The summed E-state index contributed by atoms with van der Waals surface area (Å²) in [6.45, 7) is -0.0683. The highest BCUT2D eigenvalue weighted by molar-refractivity contribution is 9.10. The molecule has 19 heavy (non-hydrogen) atoms. The molecule has 0 spiro atoms. The Morgan fingerprint density at radius 3 is 2.84 bits per heavy atom. The molecule has 6 heteroatoms. The van der Waals surface area contributed by atoms with E-state index in [-0.39, 0.29) is 24.8 Å². The van der Waals surface area contributed by atoms with E-state index in [1.54, 1.807) is 12.3 Å². The van der Waals surface area contributed by atoms with E-state index in [0.29, 0.717) is 16.9 Å². The van der Waals surface area contributed by atoms with Crippen LogP contribution in [0.5, 0.6) is 5.75 Å². The Bertz CT molecular complexity index is 593. The number of hydrogen-bond donors (Lipinski definition) is 2. The van der Waals surface area contributed by atoms with Crippen LogP contribution in [0.1, 0.15) is 11.1 Å². The Morgan fingerprint density at radius 2 is 2.11 bits per heavy atom. The monoisotopic (exact) mass is 326 g/mol. The van der Waals surface area contributed by atoms with Gasteiger partial charge in [-0.05, 0) is 45.3 Å². The number of nitrogen functional groups attached to an aromatic ring is 1. The van der Waals surface area contributed by atoms with E-state index >= 15 is 0 Å². The normalized spacial score (nSPS) is 10.5. The predicted molar refractivity (Wildman–Crippen MR) is 73.0 cm³/mol. The zero-order valence-electron chi connectivity index (χ0n) is 9.94. The van der Waals surface area contributed by atoms with Gasteiger partial charge in [0.25, 0.3) is 0 Å². The number of ether oxygens (including phenoxy) is 1. The number of aromatic nitrogens is 1. The molecule has 0 saturated carbocycles. The Labute approximate surface area is 118 Å². The molecule has 3 N–H and O–H groups in total. The molecular formula is C13H12BrFN2O2. The van der Waals surface area contributed by atoms with Gasteiger partial charge in [0.05, 0.1) is 6.61 Å². The molecule has 0 fully saturated rings. The van der Waals surface area contributed by atoms with E-state index < -0.39 is 0 Å². The van der Waals surface area contributed by atoms with E-state index in [0.717, 1.165) is 4.47 Å². The first kappa shape index (κ1) is 13.8. The van der Waals surface area contributed by atoms with Gasteiger partial charge >= 0.3 is 0 Å². The molecule has 0 atom stereocenters. The van der Waals surface area contributed by atoms with Gasteiger partial charge in [-0.1, -0.05) is 6.07 Å². The minimum atomic E-state index is -0.379. The van der Waals surface area contributed by atoms with Crippen molar-refractivity contribution in [2.75, 3.05) is 5.73 Å². The molecule has 4 nitrogen and oxygen atoms in total. The second-order valence-electron chi connectivity index (χ2n) is 3.90. The largest absolute Gasteiger partial charge is 0.485 e. The highest BCUT2D eigenvalue weighted by Gasteiger charge is 2.07. The number of nitrogens with two attached hydrogens (primary N) is 1. The van der Waals surface area contributed by atoms with Crippen molar-refractivity contribution in [2.24, 2.45) is 0 Å². The molecule has 0 saturated heterocycles. The van der Waals surface area contributed by atoms with Gasteiger partial charge in [0.1, 0.15) is 12.4 Å². The number of nitrogens with zero attached hydrogens (tertiary/aromatic N) is 1. The molecule has 1 heterocycles. The van der Waals surface area contributed by atoms with E-state index in [9.17, 15) is 9.50 Å². The zero-order valence-corrected chi connectivity index (χ0v) is 11.5. The molecular weight excluding hydrogens is 315 g/mol. The van der Waals surface area contributed by atoms with Crippen LogP contribution in [0.15, 0.2) is 34.9 Å². The number of rotatable bonds is 4. The highest BCUT2D eigenvalue weighted by atomic mass is 79.9. The number of benzene rings is 1. The maximum Gasteiger partial charge on any atom is 0.166 e. The standard InChI is InChI=1S/C13H12BrFN2O2/c14-10-4-12(13(16)17-5-10)19-7-9-3-11(15)2-1-8(9)6-18/h1-5,18H,6-7H2,(H2,16,17). The van der Waals surface area contributed by atoms with Crippen LogP contribution < -0.4 is 10.5 Å².